The number of rotatable bonds is 3. The van der Waals surface area contributed by atoms with E-state index in [9.17, 15) is 17.6 Å². The van der Waals surface area contributed by atoms with Gasteiger partial charge in [-0.1, -0.05) is 6.07 Å². The molecule has 130 valence electrons. The molecule has 0 radical (unpaired) electrons. The van der Waals surface area contributed by atoms with Gasteiger partial charge in [0.1, 0.15) is 11.6 Å². The molecule has 24 heavy (non-hydrogen) atoms. The summed E-state index contributed by atoms with van der Waals surface area (Å²) in [5.74, 6) is 0.452. The van der Waals surface area contributed by atoms with Crippen molar-refractivity contribution in [1.29, 1.82) is 0 Å². The van der Waals surface area contributed by atoms with Crippen LogP contribution in [0.4, 0.5) is 17.6 Å². The van der Waals surface area contributed by atoms with Crippen LogP contribution in [0, 0.1) is 5.82 Å². The number of halogens is 4. The summed E-state index contributed by atoms with van der Waals surface area (Å²) in [5.41, 5.74) is -0.656. The molecule has 0 bridgehead atoms. The third kappa shape index (κ3) is 3.61. The Balaban J connectivity index is 1.71. The number of hydrogen-bond acceptors (Lipinski definition) is 2. The molecular formula is C17H19F4N3. The van der Waals surface area contributed by atoms with Crippen molar-refractivity contribution in [2.24, 2.45) is 7.05 Å². The second-order valence-electron chi connectivity index (χ2n) is 6.27. The fourth-order valence-electron chi connectivity index (χ4n) is 3.27. The minimum atomic E-state index is -4.52. The molecule has 1 fully saturated rings. The molecule has 3 rings (SSSR count). The SMILES string of the molecule is Cn1ccnc1C1CCCN(Cc2ccc(C(F)(F)F)cc2F)C1. The van der Waals surface area contributed by atoms with Crippen LogP contribution in [0.3, 0.4) is 0 Å². The highest BCUT2D eigenvalue weighted by atomic mass is 19.4. The van der Waals surface area contributed by atoms with Crippen LogP contribution < -0.4 is 0 Å². The zero-order valence-electron chi connectivity index (χ0n) is 13.4. The lowest BCUT2D eigenvalue weighted by atomic mass is 9.96. The van der Waals surface area contributed by atoms with Crippen molar-refractivity contribution in [3.8, 4) is 0 Å². The maximum Gasteiger partial charge on any atom is 0.416 e. The third-order valence-electron chi connectivity index (χ3n) is 4.50. The van der Waals surface area contributed by atoms with Gasteiger partial charge in [-0.2, -0.15) is 13.2 Å². The van der Waals surface area contributed by atoms with E-state index in [1.165, 1.54) is 6.07 Å². The minimum absolute atomic E-state index is 0.260. The van der Waals surface area contributed by atoms with E-state index >= 15 is 0 Å². The summed E-state index contributed by atoms with van der Waals surface area (Å²) in [6.45, 7) is 1.84. The third-order valence-corrected chi connectivity index (χ3v) is 4.50. The lowest BCUT2D eigenvalue weighted by Gasteiger charge is -2.32. The van der Waals surface area contributed by atoms with Crippen LogP contribution in [0.2, 0.25) is 0 Å². The number of aromatic nitrogens is 2. The number of piperidine rings is 1. The summed E-state index contributed by atoms with van der Waals surface area (Å²) in [4.78, 5) is 6.45. The van der Waals surface area contributed by atoms with Crippen LogP contribution >= 0.6 is 0 Å². The van der Waals surface area contributed by atoms with Crippen LogP contribution in [0.15, 0.2) is 30.6 Å². The summed E-state index contributed by atoms with van der Waals surface area (Å²) in [7, 11) is 1.94. The normalized spacial score (nSPS) is 19.6. The Morgan fingerprint density at radius 3 is 2.71 bits per heavy atom. The van der Waals surface area contributed by atoms with Gasteiger partial charge in [0, 0.05) is 44.0 Å². The molecule has 0 N–H and O–H groups in total. The van der Waals surface area contributed by atoms with E-state index in [0.29, 0.717) is 18.2 Å². The molecule has 2 heterocycles. The van der Waals surface area contributed by atoms with Crippen molar-refractivity contribution < 1.29 is 17.6 Å². The summed E-state index contributed by atoms with van der Waals surface area (Å²) in [5, 5.41) is 0. The summed E-state index contributed by atoms with van der Waals surface area (Å²) in [6.07, 6.45) is 1.10. The average Bonchev–Trinajstić information content (AvgIpc) is 2.95. The second kappa shape index (κ2) is 6.55. The number of likely N-dealkylation sites (tertiary alicyclic amines) is 1. The first-order valence-corrected chi connectivity index (χ1v) is 7.90. The van der Waals surface area contributed by atoms with Gasteiger partial charge in [0.15, 0.2) is 0 Å². The molecule has 1 aromatic heterocycles. The first-order chi connectivity index (χ1) is 11.3. The van der Waals surface area contributed by atoms with Crippen molar-refractivity contribution in [3.05, 3.63) is 53.4 Å². The average molecular weight is 341 g/mol. The van der Waals surface area contributed by atoms with Crippen molar-refractivity contribution in [2.75, 3.05) is 13.1 Å². The summed E-state index contributed by atoms with van der Waals surface area (Å²) < 4.78 is 53.9. The smallest absolute Gasteiger partial charge is 0.338 e. The highest BCUT2D eigenvalue weighted by molar-refractivity contribution is 5.26. The van der Waals surface area contributed by atoms with Gasteiger partial charge in [0.25, 0.3) is 0 Å². The minimum Gasteiger partial charge on any atom is -0.338 e. The lowest BCUT2D eigenvalue weighted by molar-refractivity contribution is -0.137. The van der Waals surface area contributed by atoms with Crippen LogP contribution in [-0.2, 0) is 19.8 Å². The Morgan fingerprint density at radius 1 is 1.29 bits per heavy atom. The summed E-state index contributed by atoms with van der Waals surface area (Å²) in [6, 6.07) is 2.76. The molecule has 2 aromatic rings. The van der Waals surface area contributed by atoms with Crippen molar-refractivity contribution in [3.63, 3.8) is 0 Å². The van der Waals surface area contributed by atoms with E-state index in [0.717, 1.165) is 37.8 Å². The van der Waals surface area contributed by atoms with Crippen molar-refractivity contribution in [2.45, 2.75) is 31.5 Å². The monoisotopic (exact) mass is 341 g/mol. The molecular weight excluding hydrogens is 322 g/mol. The maximum atomic E-state index is 14.0. The van der Waals surface area contributed by atoms with Crippen LogP contribution in [-0.4, -0.2) is 27.5 Å². The molecule has 0 saturated carbocycles. The highest BCUT2D eigenvalue weighted by Crippen LogP contribution is 2.31. The van der Waals surface area contributed by atoms with E-state index in [2.05, 4.69) is 9.88 Å². The van der Waals surface area contributed by atoms with Crippen molar-refractivity contribution in [1.82, 2.24) is 14.5 Å². The Morgan fingerprint density at radius 2 is 2.08 bits per heavy atom. The fraction of sp³-hybridized carbons (Fsp3) is 0.471. The van der Waals surface area contributed by atoms with Gasteiger partial charge in [-0.3, -0.25) is 4.90 Å². The van der Waals surface area contributed by atoms with Gasteiger partial charge in [-0.05, 0) is 31.5 Å². The van der Waals surface area contributed by atoms with Gasteiger partial charge in [0.2, 0.25) is 0 Å². The lowest BCUT2D eigenvalue weighted by Crippen LogP contribution is -2.35. The van der Waals surface area contributed by atoms with Crippen LogP contribution in [0.5, 0.6) is 0 Å². The molecule has 1 atom stereocenters. The molecule has 7 heteroatoms. The van der Waals surface area contributed by atoms with E-state index in [1.54, 1.807) is 6.20 Å². The Kier molecular flexibility index (Phi) is 4.62. The molecule has 1 saturated heterocycles. The number of benzene rings is 1. The van der Waals surface area contributed by atoms with Crippen LogP contribution in [0.25, 0.3) is 0 Å². The van der Waals surface area contributed by atoms with Crippen molar-refractivity contribution >= 4 is 0 Å². The van der Waals surface area contributed by atoms with Gasteiger partial charge in [-0.25, -0.2) is 9.37 Å². The maximum absolute atomic E-state index is 14.0. The Hall–Kier alpha value is -1.89. The Bertz CT molecular complexity index is 708. The highest BCUT2D eigenvalue weighted by Gasteiger charge is 2.31. The van der Waals surface area contributed by atoms with Gasteiger partial charge < -0.3 is 4.57 Å². The molecule has 3 nitrogen and oxygen atoms in total. The van der Waals surface area contributed by atoms with E-state index in [4.69, 9.17) is 0 Å². The first-order valence-electron chi connectivity index (χ1n) is 7.90. The van der Waals surface area contributed by atoms with Gasteiger partial charge >= 0.3 is 6.18 Å². The molecule has 1 aromatic carbocycles. The zero-order chi connectivity index (χ0) is 17.3. The molecule has 0 spiro atoms. The van der Waals surface area contributed by atoms with E-state index in [-0.39, 0.29) is 5.92 Å². The summed E-state index contributed by atoms with van der Waals surface area (Å²) >= 11 is 0. The van der Waals surface area contributed by atoms with E-state index < -0.39 is 17.6 Å². The number of alkyl halides is 3. The largest absolute Gasteiger partial charge is 0.416 e. The molecule has 0 aliphatic carbocycles. The van der Waals surface area contributed by atoms with E-state index in [1.807, 2.05) is 17.8 Å². The molecule has 1 unspecified atom stereocenters. The van der Waals surface area contributed by atoms with Crippen LogP contribution in [0.1, 0.15) is 35.7 Å². The quantitative estimate of drug-likeness (QED) is 0.788. The fourth-order valence-corrected chi connectivity index (χ4v) is 3.27. The predicted octanol–water partition coefficient (Wildman–Crippen LogP) is 3.96. The molecule has 1 aliphatic rings. The second-order valence-corrected chi connectivity index (χ2v) is 6.27. The predicted molar refractivity (Wildman–Crippen MR) is 81.9 cm³/mol. The van der Waals surface area contributed by atoms with Gasteiger partial charge in [0.05, 0.1) is 5.56 Å². The number of imidazole rings is 1. The first kappa shape index (κ1) is 17.0. The standard InChI is InChI=1S/C17H19F4N3/c1-23-8-6-22-16(23)13-3-2-7-24(11-13)10-12-4-5-14(9-15(12)18)17(19,20)21/h4-6,8-9,13H,2-3,7,10-11H2,1H3. The molecule has 1 aliphatic heterocycles. The zero-order valence-corrected chi connectivity index (χ0v) is 13.4. The topological polar surface area (TPSA) is 21.1 Å². The number of nitrogens with zero attached hydrogens (tertiary/aromatic N) is 3. The number of aryl methyl sites for hydroxylation is 1. The number of hydrogen-bond donors (Lipinski definition) is 0. The molecule has 0 amide bonds. The van der Waals surface area contributed by atoms with Gasteiger partial charge in [-0.15, -0.1) is 0 Å². The Labute approximate surface area is 137 Å².